The van der Waals surface area contributed by atoms with Crippen LogP contribution in [0.3, 0.4) is 0 Å². The third-order valence-electron chi connectivity index (χ3n) is 7.40. The van der Waals surface area contributed by atoms with Gasteiger partial charge in [0, 0.05) is 75.6 Å². The molecule has 2 aromatic carbocycles. The van der Waals surface area contributed by atoms with E-state index in [4.69, 9.17) is 9.47 Å². The first kappa shape index (κ1) is 27.3. The summed E-state index contributed by atoms with van der Waals surface area (Å²) in [5.74, 6) is -0.705. The number of hydrogen-bond donors (Lipinski definition) is 0. The summed E-state index contributed by atoms with van der Waals surface area (Å²) in [6.45, 7) is 4.97. The lowest BCUT2D eigenvalue weighted by Crippen LogP contribution is -2.50. The van der Waals surface area contributed by atoms with Gasteiger partial charge in [0.1, 0.15) is 11.4 Å². The first-order valence-corrected chi connectivity index (χ1v) is 13.1. The molecule has 0 aliphatic carbocycles. The number of ether oxygens (including phenoxy) is 2. The smallest absolute Gasteiger partial charge is 0.293 e. The number of nitro groups is 2. The third kappa shape index (κ3) is 5.67. The summed E-state index contributed by atoms with van der Waals surface area (Å²) >= 11 is 0. The Morgan fingerprint density at radius 1 is 0.600 bits per heavy atom. The number of rotatable bonds is 6. The maximum Gasteiger partial charge on any atom is 0.293 e. The molecule has 2 aromatic rings. The van der Waals surface area contributed by atoms with Gasteiger partial charge in [-0.05, 0) is 24.3 Å². The standard InChI is InChI=1S/C26H30N6O8/c33-25(19-1-3-21(23(17-19)31(35)36)27-9-13-39-14-10-27)29-5-7-30(8-6-29)26(34)20-2-4-22(24(18-20)32(37)38)28-11-15-40-16-12-28/h1-4,17-18H,5-16H2. The highest BCUT2D eigenvalue weighted by molar-refractivity contribution is 5.97. The van der Waals surface area contributed by atoms with Gasteiger partial charge in [-0.1, -0.05) is 0 Å². The van der Waals surface area contributed by atoms with Gasteiger partial charge in [0.15, 0.2) is 0 Å². The van der Waals surface area contributed by atoms with Gasteiger partial charge in [0.05, 0.1) is 36.3 Å². The molecule has 40 heavy (non-hydrogen) atoms. The van der Waals surface area contributed by atoms with Crippen LogP contribution in [0.4, 0.5) is 22.7 Å². The highest BCUT2D eigenvalue weighted by atomic mass is 16.6. The van der Waals surface area contributed by atoms with Crippen molar-refractivity contribution in [2.24, 2.45) is 0 Å². The summed E-state index contributed by atoms with van der Waals surface area (Å²) in [7, 11) is 0. The molecule has 14 heteroatoms. The van der Waals surface area contributed by atoms with Crippen LogP contribution in [-0.2, 0) is 9.47 Å². The van der Waals surface area contributed by atoms with Crippen molar-refractivity contribution in [3.05, 3.63) is 67.8 Å². The zero-order valence-electron chi connectivity index (χ0n) is 21.9. The van der Waals surface area contributed by atoms with Gasteiger partial charge < -0.3 is 29.1 Å². The van der Waals surface area contributed by atoms with E-state index in [9.17, 15) is 29.8 Å². The van der Waals surface area contributed by atoms with E-state index in [0.717, 1.165) is 0 Å². The van der Waals surface area contributed by atoms with Crippen LogP contribution in [0, 0.1) is 20.2 Å². The molecule has 3 saturated heterocycles. The molecule has 3 aliphatic rings. The molecule has 0 radical (unpaired) electrons. The number of piperazine rings is 1. The number of benzene rings is 2. The number of carbonyl (C=O) groups is 2. The fourth-order valence-electron chi connectivity index (χ4n) is 5.23. The summed E-state index contributed by atoms with van der Waals surface area (Å²) in [6.07, 6.45) is 0. The monoisotopic (exact) mass is 554 g/mol. The molecule has 0 bridgehead atoms. The van der Waals surface area contributed by atoms with E-state index in [2.05, 4.69) is 0 Å². The van der Waals surface area contributed by atoms with Crippen LogP contribution < -0.4 is 9.80 Å². The minimum atomic E-state index is -0.484. The van der Waals surface area contributed by atoms with E-state index in [1.807, 2.05) is 9.80 Å². The average molecular weight is 555 g/mol. The van der Waals surface area contributed by atoms with Gasteiger partial charge in [-0.15, -0.1) is 0 Å². The molecule has 212 valence electrons. The lowest BCUT2D eigenvalue weighted by Gasteiger charge is -2.35. The van der Waals surface area contributed by atoms with Gasteiger partial charge in [-0.2, -0.15) is 0 Å². The Labute approximate surface area is 229 Å². The zero-order valence-corrected chi connectivity index (χ0v) is 21.9. The molecule has 14 nitrogen and oxygen atoms in total. The summed E-state index contributed by atoms with van der Waals surface area (Å²) in [4.78, 5) is 55.8. The number of nitro benzene ring substituents is 2. The van der Waals surface area contributed by atoms with Gasteiger partial charge in [-0.25, -0.2) is 0 Å². The van der Waals surface area contributed by atoms with Crippen molar-refractivity contribution in [3.63, 3.8) is 0 Å². The lowest BCUT2D eigenvalue weighted by molar-refractivity contribution is -0.384. The van der Waals surface area contributed by atoms with E-state index in [1.165, 1.54) is 12.1 Å². The number of carbonyl (C=O) groups excluding carboxylic acids is 2. The van der Waals surface area contributed by atoms with Gasteiger partial charge >= 0.3 is 0 Å². The topological polar surface area (TPSA) is 152 Å². The number of anilines is 2. The molecule has 5 rings (SSSR count). The molecule has 3 aliphatic heterocycles. The largest absolute Gasteiger partial charge is 0.378 e. The maximum absolute atomic E-state index is 13.2. The highest BCUT2D eigenvalue weighted by Gasteiger charge is 2.30. The Bertz CT molecular complexity index is 1200. The second kappa shape index (κ2) is 11.8. The summed E-state index contributed by atoms with van der Waals surface area (Å²) in [6, 6.07) is 8.99. The normalized spacial score (nSPS) is 18.0. The van der Waals surface area contributed by atoms with Crippen LogP contribution in [0.1, 0.15) is 20.7 Å². The van der Waals surface area contributed by atoms with E-state index in [1.54, 1.807) is 34.1 Å². The van der Waals surface area contributed by atoms with E-state index < -0.39 is 9.85 Å². The molecule has 3 heterocycles. The molecule has 2 amide bonds. The zero-order chi connectivity index (χ0) is 28.2. The minimum Gasteiger partial charge on any atom is -0.378 e. The number of hydrogen-bond acceptors (Lipinski definition) is 10. The lowest BCUT2D eigenvalue weighted by atomic mass is 10.1. The van der Waals surface area contributed by atoms with Crippen LogP contribution >= 0.6 is 0 Å². The van der Waals surface area contributed by atoms with Crippen LogP contribution in [0.25, 0.3) is 0 Å². The number of nitrogens with zero attached hydrogens (tertiary/aromatic N) is 6. The molecule has 0 N–H and O–H groups in total. The third-order valence-corrected chi connectivity index (χ3v) is 7.40. The van der Waals surface area contributed by atoms with Crippen molar-refractivity contribution >= 4 is 34.6 Å². The Hall–Kier alpha value is -4.30. The first-order valence-electron chi connectivity index (χ1n) is 13.1. The molecular weight excluding hydrogens is 524 g/mol. The van der Waals surface area contributed by atoms with Crippen LogP contribution in [0.5, 0.6) is 0 Å². The molecule has 0 spiro atoms. The predicted octanol–water partition coefficient (Wildman–Crippen LogP) is 1.77. The van der Waals surface area contributed by atoms with Gasteiger partial charge in [0.25, 0.3) is 23.2 Å². The highest BCUT2D eigenvalue weighted by Crippen LogP contribution is 2.32. The van der Waals surface area contributed by atoms with Crippen LogP contribution in [-0.4, -0.2) is 110 Å². The van der Waals surface area contributed by atoms with Crippen LogP contribution in [0.15, 0.2) is 36.4 Å². The average Bonchev–Trinajstić information content (AvgIpc) is 3.00. The van der Waals surface area contributed by atoms with Crippen molar-refractivity contribution in [1.82, 2.24) is 9.80 Å². The van der Waals surface area contributed by atoms with E-state index in [-0.39, 0.29) is 60.5 Å². The van der Waals surface area contributed by atoms with Gasteiger partial charge in [-0.3, -0.25) is 29.8 Å². The maximum atomic E-state index is 13.2. The summed E-state index contributed by atoms with van der Waals surface area (Å²) in [5, 5.41) is 23.5. The second-order valence-corrected chi connectivity index (χ2v) is 9.70. The second-order valence-electron chi connectivity index (χ2n) is 9.70. The number of amides is 2. The SMILES string of the molecule is O=C(c1ccc(N2CCOCC2)c([N+](=O)[O-])c1)N1CCN(C(=O)c2ccc(N3CCOCC3)c([N+](=O)[O-])c2)CC1. The number of morpholine rings is 2. The van der Waals surface area contributed by atoms with Crippen molar-refractivity contribution in [1.29, 1.82) is 0 Å². The quantitative estimate of drug-likeness (QED) is 0.382. The van der Waals surface area contributed by atoms with Crippen molar-refractivity contribution in [2.75, 3.05) is 88.6 Å². The first-order chi connectivity index (χ1) is 19.3. The molecule has 0 unspecified atom stereocenters. The fraction of sp³-hybridized carbons (Fsp3) is 0.462. The molecule has 3 fully saturated rings. The Morgan fingerprint density at radius 3 is 1.27 bits per heavy atom. The Balaban J connectivity index is 1.25. The predicted molar refractivity (Wildman–Crippen MR) is 144 cm³/mol. The molecule has 0 aromatic heterocycles. The summed E-state index contributed by atoms with van der Waals surface area (Å²) < 4.78 is 10.7. The van der Waals surface area contributed by atoms with Gasteiger partial charge in [0.2, 0.25) is 0 Å². The Morgan fingerprint density at radius 2 is 0.950 bits per heavy atom. The van der Waals surface area contributed by atoms with Crippen LogP contribution in [0.2, 0.25) is 0 Å². The van der Waals surface area contributed by atoms with E-state index >= 15 is 0 Å². The molecule has 0 atom stereocenters. The Kier molecular flexibility index (Phi) is 8.07. The minimum absolute atomic E-state index is 0.135. The molecular formula is C26H30N6O8. The fourth-order valence-corrected chi connectivity index (χ4v) is 5.23. The van der Waals surface area contributed by atoms with Crippen molar-refractivity contribution in [3.8, 4) is 0 Å². The van der Waals surface area contributed by atoms with E-state index in [0.29, 0.717) is 64.0 Å². The van der Waals surface area contributed by atoms with Crippen molar-refractivity contribution in [2.45, 2.75) is 0 Å². The molecule has 0 saturated carbocycles. The van der Waals surface area contributed by atoms with Crippen molar-refractivity contribution < 1.29 is 28.9 Å². The summed E-state index contributed by atoms with van der Waals surface area (Å²) in [5.41, 5.74) is 1.05.